The highest BCUT2D eigenvalue weighted by Crippen LogP contribution is 1.99. The van der Waals surface area contributed by atoms with Crippen LogP contribution in [0.1, 0.15) is 37.0 Å². The Labute approximate surface area is 84.6 Å². The van der Waals surface area contributed by atoms with E-state index in [2.05, 4.69) is 17.2 Å². The molecule has 1 heterocycles. The van der Waals surface area contributed by atoms with Crippen LogP contribution in [-0.4, -0.2) is 16.9 Å². The van der Waals surface area contributed by atoms with Gasteiger partial charge in [0.05, 0.1) is 5.56 Å². The molecule has 3 nitrogen and oxygen atoms in total. The smallest absolute Gasteiger partial charge is 0.253 e. The predicted octanol–water partition coefficient (Wildman–Crippen LogP) is 2.00. The van der Waals surface area contributed by atoms with Crippen molar-refractivity contribution < 1.29 is 4.79 Å². The predicted molar refractivity (Wildman–Crippen MR) is 56.1 cm³/mol. The van der Waals surface area contributed by atoms with Crippen molar-refractivity contribution in [3.05, 3.63) is 30.1 Å². The second-order valence-electron chi connectivity index (χ2n) is 3.40. The van der Waals surface area contributed by atoms with Crippen molar-refractivity contribution in [2.75, 3.05) is 0 Å². The highest BCUT2D eigenvalue weighted by Gasteiger charge is 2.07. The number of hydrogen-bond donors (Lipinski definition) is 1. The van der Waals surface area contributed by atoms with E-state index in [-0.39, 0.29) is 11.9 Å². The van der Waals surface area contributed by atoms with Crippen LogP contribution in [0.2, 0.25) is 0 Å². The minimum absolute atomic E-state index is 0.0425. The van der Waals surface area contributed by atoms with Gasteiger partial charge in [-0.15, -0.1) is 0 Å². The summed E-state index contributed by atoms with van der Waals surface area (Å²) in [5.41, 5.74) is 0.621. The average molecular weight is 192 g/mol. The molecular formula is C11H16N2O. The number of carbonyl (C=O) groups is 1. The number of nitrogens with one attached hydrogen (secondary N) is 1. The molecule has 0 aliphatic carbocycles. The van der Waals surface area contributed by atoms with Gasteiger partial charge in [0.15, 0.2) is 0 Å². The summed E-state index contributed by atoms with van der Waals surface area (Å²) in [6.45, 7) is 4.12. The lowest BCUT2D eigenvalue weighted by atomic mass is 10.2. The summed E-state index contributed by atoms with van der Waals surface area (Å²) in [4.78, 5) is 15.5. The molecule has 1 amide bonds. The summed E-state index contributed by atoms with van der Waals surface area (Å²) in [6, 6.07) is 3.76. The maximum absolute atomic E-state index is 11.6. The summed E-state index contributed by atoms with van der Waals surface area (Å²) in [7, 11) is 0. The maximum atomic E-state index is 11.6. The van der Waals surface area contributed by atoms with Crippen LogP contribution >= 0.6 is 0 Å². The van der Waals surface area contributed by atoms with Gasteiger partial charge in [-0.1, -0.05) is 13.3 Å². The van der Waals surface area contributed by atoms with Gasteiger partial charge >= 0.3 is 0 Å². The van der Waals surface area contributed by atoms with Crippen molar-refractivity contribution in [1.82, 2.24) is 10.3 Å². The molecule has 3 heteroatoms. The van der Waals surface area contributed by atoms with E-state index in [1.165, 1.54) is 0 Å². The van der Waals surface area contributed by atoms with Gasteiger partial charge in [0, 0.05) is 18.4 Å². The zero-order valence-corrected chi connectivity index (χ0v) is 8.66. The average Bonchev–Trinajstić information content (AvgIpc) is 2.19. The number of pyridine rings is 1. The van der Waals surface area contributed by atoms with E-state index in [4.69, 9.17) is 0 Å². The van der Waals surface area contributed by atoms with Crippen LogP contribution in [0.5, 0.6) is 0 Å². The lowest BCUT2D eigenvalue weighted by Gasteiger charge is -2.12. The maximum Gasteiger partial charge on any atom is 0.253 e. The van der Waals surface area contributed by atoms with E-state index >= 15 is 0 Å². The molecule has 0 saturated carbocycles. The number of aromatic nitrogens is 1. The fourth-order valence-electron chi connectivity index (χ4n) is 1.31. The first-order chi connectivity index (χ1) is 6.74. The van der Waals surface area contributed by atoms with Crippen LogP contribution in [-0.2, 0) is 0 Å². The molecule has 0 saturated heterocycles. The van der Waals surface area contributed by atoms with Gasteiger partial charge in [-0.25, -0.2) is 0 Å². The third kappa shape index (κ3) is 3.17. The van der Waals surface area contributed by atoms with E-state index in [9.17, 15) is 4.79 Å². The number of hydrogen-bond acceptors (Lipinski definition) is 2. The normalized spacial score (nSPS) is 12.1. The molecule has 0 aliphatic rings. The third-order valence-electron chi connectivity index (χ3n) is 2.02. The highest BCUT2D eigenvalue weighted by atomic mass is 16.1. The molecule has 0 fully saturated rings. The molecule has 1 aromatic rings. The summed E-state index contributed by atoms with van der Waals surface area (Å²) >= 11 is 0. The first kappa shape index (κ1) is 10.7. The Kier molecular flexibility index (Phi) is 4.11. The van der Waals surface area contributed by atoms with Crippen molar-refractivity contribution in [1.29, 1.82) is 0 Å². The van der Waals surface area contributed by atoms with Crippen LogP contribution in [0.15, 0.2) is 24.5 Å². The Morgan fingerprint density at radius 3 is 3.00 bits per heavy atom. The van der Waals surface area contributed by atoms with E-state index in [0.717, 1.165) is 12.8 Å². The molecule has 1 atom stereocenters. The van der Waals surface area contributed by atoms with E-state index in [1.807, 2.05) is 6.92 Å². The van der Waals surface area contributed by atoms with Crippen LogP contribution < -0.4 is 5.32 Å². The molecule has 0 aromatic carbocycles. The molecule has 1 rings (SSSR count). The van der Waals surface area contributed by atoms with Gasteiger partial charge in [0.25, 0.3) is 5.91 Å². The Morgan fingerprint density at radius 2 is 2.43 bits per heavy atom. The standard InChI is InChI=1S/C11H16N2O/c1-3-5-9(2)13-11(14)10-6-4-7-12-8-10/h4,6-9H,3,5H2,1-2H3,(H,13,14). The fourth-order valence-corrected chi connectivity index (χ4v) is 1.31. The van der Waals surface area contributed by atoms with Crippen LogP contribution in [0.3, 0.4) is 0 Å². The number of nitrogens with zero attached hydrogens (tertiary/aromatic N) is 1. The van der Waals surface area contributed by atoms with Crippen LogP contribution in [0.25, 0.3) is 0 Å². The fraction of sp³-hybridized carbons (Fsp3) is 0.455. The topological polar surface area (TPSA) is 42.0 Å². The lowest BCUT2D eigenvalue weighted by molar-refractivity contribution is 0.0938. The quantitative estimate of drug-likeness (QED) is 0.792. The van der Waals surface area contributed by atoms with Gasteiger partial charge in [-0.05, 0) is 25.5 Å². The minimum atomic E-state index is -0.0425. The van der Waals surface area contributed by atoms with Gasteiger partial charge in [-0.2, -0.15) is 0 Å². The molecule has 1 N–H and O–H groups in total. The Bertz CT molecular complexity index is 285. The van der Waals surface area contributed by atoms with Crippen LogP contribution in [0.4, 0.5) is 0 Å². The van der Waals surface area contributed by atoms with E-state index in [0.29, 0.717) is 5.56 Å². The number of amides is 1. The SMILES string of the molecule is CCCC(C)NC(=O)c1cccnc1. The zero-order chi connectivity index (χ0) is 10.4. The van der Waals surface area contributed by atoms with Crippen molar-refractivity contribution in [2.45, 2.75) is 32.7 Å². The monoisotopic (exact) mass is 192 g/mol. The van der Waals surface area contributed by atoms with Gasteiger partial charge in [0.1, 0.15) is 0 Å². The number of carbonyl (C=O) groups excluding carboxylic acids is 1. The number of rotatable bonds is 4. The largest absolute Gasteiger partial charge is 0.350 e. The molecule has 0 spiro atoms. The molecule has 0 bridgehead atoms. The van der Waals surface area contributed by atoms with Gasteiger partial charge < -0.3 is 5.32 Å². The van der Waals surface area contributed by atoms with E-state index in [1.54, 1.807) is 24.5 Å². The van der Waals surface area contributed by atoms with Crippen molar-refractivity contribution in [2.24, 2.45) is 0 Å². The Hall–Kier alpha value is -1.38. The lowest BCUT2D eigenvalue weighted by Crippen LogP contribution is -2.32. The highest BCUT2D eigenvalue weighted by molar-refractivity contribution is 5.93. The van der Waals surface area contributed by atoms with Gasteiger partial charge in [0.2, 0.25) is 0 Å². The van der Waals surface area contributed by atoms with E-state index < -0.39 is 0 Å². The summed E-state index contributed by atoms with van der Waals surface area (Å²) in [5.74, 6) is -0.0425. The molecule has 1 unspecified atom stereocenters. The van der Waals surface area contributed by atoms with Crippen LogP contribution in [0, 0.1) is 0 Å². The summed E-state index contributed by atoms with van der Waals surface area (Å²) < 4.78 is 0. The summed E-state index contributed by atoms with van der Waals surface area (Å²) in [5, 5.41) is 2.92. The first-order valence-corrected chi connectivity index (χ1v) is 4.95. The molecule has 0 radical (unpaired) electrons. The van der Waals surface area contributed by atoms with Gasteiger partial charge in [-0.3, -0.25) is 9.78 Å². The van der Waals surface area contributed by atoms with Crippen molar-refractivity contribution in [3.63, 3.8) is 0 Å². The van der Waals surface area contributed by atoms with Crippen molar-refractivity contribution >= 4 is 5.91 Å². The minimum Gasteiger partial charge on any atom is -0.350 e. The third-order valence-corrected chi connectivity index (χ3v) is 2.02. The second-order valence-corrected chi connectivity index (χ2v) is 3.40. The molecule has 14 heavy (non-hydrogen) atoms. The molecule has 1 aromatic heterocycles. The van der Waals surface area contributed by atoms with Crippen molar-refractivity contribution in [3.8, 4) is 0 Å². The summed E-state index contributed by atoms with van der Waals surface area (Å²) in [6.07, 6.45) is 5.32. The Balaban J connectivity index is 2.51. The molecule has 0 aliphatic heterocycles. The molecular weight excluding hydrogens is 176 g/mol. The zero-order valence-electron chi connectivity index (χ0n) is 8.66. The second kappa shape index (κ2) is 5.37. The molecule has 76 valence electrons. The first-order valence-electron chi connectivity index (χ1n) is 4.95. The Morgan fingerprint density at radius 1 is 1.64 bits per heavy atom.